The fourth-order valence-electron chi connectivity index (χ4n) is 2.53. The highest BCUT2D eigenvalue weighted by Crippen LogP contribution is 2.23. The van der Waals surface area contributed by atoms with Gasteiger partial charge in [0.25, 0.3) is 5.91 Å². The molecule has 0 aromatic carbocycles. The normalized spacial score (nSPS) is 25.0. The van der Waals surface area contributed by atoms with E-state index in [1.807, 2.05) is 11.9 Å². The van der Waals surface area contributed by atoms with Gasteiger partial charge in [-0.2, -0.15) is 0 Å². The van der Waals surface area contributed by atoms with Crippen LogP contribution in [0.15, 0.2) is 12.5 Å². The van der Waals surface area contributed by atoms with Crippen LogP contribution in [0.2, 0.25) is 0 Å². The predicted molar refractivity (Wildman–Crippen MR) is 65.5 cm³/mol. The third kappa shape index (κ3) is 2.34. The summed E-state index contributed by atoms with van der Waals surface area (Å²) in [6, 6.07) is 0.151. The van der Waals surface area contributed by atoms with Gasteiger partial charge in [0.05, 0.1) is 6.33 Å². The van der Waals surface area contributed by atoms with Gasteiger partial charge >= 0.3 is 0 Å². The molecule has 0 bridgehead atoms. The van der Waals surface area contributed by atoms with Crippen LogP contribution < -0.4 is 5.73 Å². The molecule has 0 spiro atoms. The summed E-state index contributed by atoms with van der Waals surface area (Å²) in [5.41, 5.74) is 6.30. The molecule has 0 radical (unpaired) electrons. The number of carbonyl (C=O) groups excluding carboxylic acids is 1. The molecule has 0 aliphatic carbocycles. The molecule has 1 aromatic heterocycles. The molecule has 2 N–H and O–H groups in total. The minimum Gasteiger partial charge on any atom is -0.340 e. The van der Waals surface area contributed by atoms with Crippen LogP contribution in [0.4, 0.5) is 0 Å². The fraction of sp³-hybridized carbons (Fsp3) is 0.667. The Hall–Kier alpha value is -1.36. The molecule has 1 aromatic rings. The minimum absolute atomic E-state index is 0.00704. The van der Waals surface area contributed by atoms with E-state index in [0.29, 0.717) is 18.2 Å². The van der Waals surface area contributed by atoms with Crippen LogP contribution in [-0.4, -0.2) is 39.5 Å². The van der Waals surface area contributed by atoms with Crippen molar-refractivity contribution in [2.75, 3.05) is 13.1 Å². The number of nitrogens with zero attached hydrogens (tertiary/aromatic N) is 3. The number of amides is 1. The summed E-state index contributed by atoms with van der Waals surface area (Å²) in [5, 5.41) is 0. The van der Waals surface area contributed by atoms with Gasteiger partial charge in [-0.3, -0.25) is 4.79 Å². The van der Waals surface area contributed by atoms with Crippen LogP contribution in [0.1, 0.15) is 30.3 Å². The number of imidazole rings is 1. The van der Waals surface area contributed by atoms with Crippen molar-refractivity contribution in [2.24, 2.45) is 18.7 Å². The Morgan fingerprint density at radius 1 is 1.65 bits per heavy atom. The molecule has 0 saturated carbocycles. The molecular weight excluding hydrogens is 216 g/mol. The van der Waals surface area contributed by atoms with Gasteiger partial charge in [0, 0.05) is 32.4 Å². The smallest absolute Gasteiger partial charge is 0.274 e. The van der Waals surface area contributed by atoms with Crippen LogP contribution in [0.25, 0.3) is 0 Å². The molecule has 2 rings (SSSR count). The van der Waals surface area contributed by atoms with Crippen LogP contribution in [-0.2, 0) is 7.05 Å². The van der Waals surface area contributed by atoms with E-state index in [1.54, 1.807) is 17.1 Å². The van der Waals surface area contributed by atoms with Crippen LogP contribution in [0.3, 0.4) is 0 Å². The first kappa shape index (κ1) is 12.1. The zero-order valence-corrected chi connectivity index (χ0v) is 10.5. The van der Waals surface area contributed by atoms with E-state index in [2.05, 4.69) is 11.9 Å². The molecule has 5 nitrogen and oxygen atoms in total. The second-order valence-electron chi connectivity index (χ2n) is 4.85. The molecule has 1 aliphatic heterocycles. The lowest BCUT2D eigenvalue weighted by atomic mass is 9.90. The average molecular weight is 236 g/mol. The average Bonchev–Trinajstić information content (AvgIpc) is 2.74. The van der Waals surface area contributed by atoms with Crippen molar-refractivity contribution in [3.63, 3.8) is 0 Å². The van der Waals surface area contributed by atoms with E-state index in [-0.39, 0.29) is 11.9 Å². The van der Waals surface area contributed by atoms with E-state index < -0.39 is 0 Å². The number of likely N-dealkylation sites (tertiary alicyclic amines) is 1. The van der Waals surface area contributed by atoms with Crippen molar-refractivity contribution in [1.29, 1.82) is 0 Å². The zero-order valence-electron chi connectivity index (χ0n) is 10.5. The third-order valence-corrected chi connectivity index (χ3v) is 3.54. The Kier molecular flexibility index (Phi) is 3.47. The van der Waals surface area contributed by atoms with Crippen molar-refractivity contribution in [3.05, 3.63) is 18.2 Å². The lowest BCUT2D eigenvalue weighted by Gasteiger charge is -2.39. The number of nitrogens with two attached hydrogens (primary N) is 1. The predicted octanol–water partition coefficient (Wildman–Crippen LogP) is 0.620. The van der Waals surface area contributed by atoms with Gasteiger partial charge in [0.2, 0.25) is 0 Å². The molecule has 2 atom stereocenters. The number of piperidine rings is 1. The molecule has 2 heterocycles. The minimum atomic E-state index is 0.00704. The molecular formula is C12H20N4O. The number of aromatic nitrogens is 2. The number of carbonyl (C=O) groups is 1. The van der Waals surface area contributed by atoms with E-state index in [0.717, 1.165) is 19.4 Å². The summed E-state index contributed by atoms with van der Waals surface area (Å²) >= 11 is 0. The maximum absolute atomic E-state index is 12.3. The van der Waals surface area contributed by atoms with Crippen LogP contribution >= 0.6 is 0 Å². The van der Waals surface area contributed by atoms with Gasteiger partial charge in [-0.1, -0.05) is 6.92 Å². The molecule has 17 heavy (non-hydrogen) atoms. The molecule has 2 unspecified atom stereocenters. The lowest BCUT2D eigenvalue weighted by molar-refractivity contribution is 0.0527. The molecule has 94 valence electrons. The standard InChI is InChI=1S/C12H20N4O/c1-9-4-3-5-16(11(9)6-13)12(17)10-7-15(2)8-14-10/h7-9,11H,3-6,13H2,1-2H3. The van der Waals surface area contributed by atoms with E-state index in [4.69, 9.17) is 5.73 Å². The van der Waals surface area contributed by atoms with Crippen molar-refractivity contribution < 1.29 is 4.79 Å². The molecule has 1 fully saturated rings. The van der Waals surface area contributed by atoms with Crippen LogP contribution in [0.5, 0.6) is 0 Å². The van der Waals surface area contributed by atoms with Crippen molar-refractivity contribution >= 4 is 5.91 Å². The van der Waals surface area contributed by atoms with Crippen molar-refractivity contribution in [1.82, 2.24) is 14.5 Å². The first-order valence-electron chi connectivity index (χ1n) is 6.12. The van der Waals surface area contributed by atoms with Gasteiger partial charge < -0.3 is 15.2 Å². The Morgan fingerprint density at radius 2 is 2.41 bits per heavy atom. The van der Waals surface area contributed by atoms with Gasteiger partial charge in [-0.15, -0.1) is 0 Å². The summed E-state index contributed by atoms with van der Waals surface area (Å²) in [5.74, 6) is 0.481. The van der Waals surface area contributed by atoms with E-state index >= 15 is 0 Å². The van der Waals surface area contributed by atoms with Gasteiger partial charge in [-0.25, -0.2) is 4.98 Å². The summed E-state index contributed by atoms with van der Waals surface area (Å²) in [6.45, 7) is 3.48. The molecule has 5 heteroatoms. The Labute approximate surface area is 102 Å². The second-order valence-corrected chi connectivity index (χ2v) is 4.85. The maximum atomic E-state index is 12.3. The Morgan fingerprint density at radius 3 is 3.00 bits per heavy atom. The highest BCUT2D eigenvalue weighted by molar-refractivity contribution is 5.92. The van der Waals surface area contributed by atoms with E-state index in [9.17, 15) is 4.79 Å². The highest BCUT2D eigenvalue weighted by atomic mass is 16.2. The largest absolute Gasteiger partial charge is 0.340 e. The van der Waals surface area contributed by atoms with E-state index in [1.165, 1.54) is 0 Å². The zero-order chi connectivity index (χ0) is 12.4. The number of hydrogen-bond acceptors (Lipinski definition) is 3. The van der Waals surface area contributed by atoms with Crippen molar-refractivity contribution in [2.45, 2.75) is 25.8 Å². The second kappa shape index (κ2) is 4.87. The Balaban J connectivity index is 2.17. The molecule has 1 amide bonds. The van der Waals surface area contributed by atoms with Crippen molar-refractivity contribution in [3.8, 4) is 0 Å². The highest BCUT2D eigenvalue weighted by Gasteiger charge is 2.31. The topological polar surface area (TPSA) is 64.2 Å². The quantitative estimate of drug-likeness (QED) is 0.818. The maximum Gasteiger partial charge on any atom is 0.274 e. The summed E-state index contributed by atoms with van der Waals surface area (Å²) in [7, 11) is 1.86. The summed E-state index contributed by atoms with van der Waals surface area (Å²) in [4.78, 5) is 18.3. The fourth-order valence-corrected chi connectivity index (χ4v) is 2.53. The van der Waals surface area contributed by atoms with Crippen LogP contribution in [0, 0.1) is 5.92 Å². The van der Waals surface area contributed by atoms with Gasteiger partial charge in [0.1, 0.15) is 5.69 Å². The first-order chi connectivity index (χ1) is 8.13. The summed E-state index contributed by atoms with van der Waals surface area (Å²) < 4.78 is 1.79. The first-order valence-corrected chi connectivity index (χ1v) is 6.12. The molecule has 1 aliphatic rings. The lowest BCUT2D eigenvalue weighted by Crippen LogP contribution is -2.51. The third-order valence-electron chi connectivity index (χ3n) is 3.54. The Bertz CT molecular complexity index is 401. The summed E-state index contributed by atoms with van der Waals surface area (Å²) in [6.07, 6.45) is 5.61. The monoisotopic (exact) mass is 236 g/mol. The molecule has 1 saturated heterocycles. The SMILES string of the molecule is CC1CCCN(C(=O)c2cn(C)cn2)C1CN. The number of aryl methyl sites for hydroxylation is 1. The van der Waals surface area contributed by atoms with Gasteiger partial charge in [-0.05, 0) is 18.8 Å². The van der Waals surface area contributed by atoms with Gasteiger partial charge in [0.15, 0.2) is 0 Å². The number of rotatable bonds is 2. The number of hydrogen-bond donors (Lipinski definition) is 1.